The van der Waals surface area contributed by atoms with Crippen molar-refractivity contribution in [3.8, 4) is 0 Å². The Hall–Kier alpha value is -1.02. The van der Waals surface area contributed by atoms with E-state index in [9.17, 15) is 8.42 Å². The van der Waals surface area contributed by atoms with Crippen LogP contribution in [0.5, 0.6) is 0 Å². The number of piperidine rings is 1. The predicted octanol–water partition coefficient (Wildman–Crippen LogP) is 1.57. The van der Waals surface area contributed by atoms with Crippen molar-refractivity contribution in [2.75, 3.05) is 19.6 Å². The van der Waals surface area contributed by atoms with Gasteiger partial charge in [0.25, 0.3) is 10.0 Å². The topological polar surface area (TPSA) is 71.1 Å². The van der Waals surface area contributed by atoms with Crippen molar-refractivity contribution in [3.63, 3.8) is 0 Å². The first kappa shape index (κ1) is 13.9. The van der Waals surface area contributed by atoms with Gasteiger partial charge in [-0.25, -0.2) is 18.1 Å². The van der Waals surface area contributed by atoms with Gasteiger partial charge in [-0.15, -0.1) is 11.3 Å². The molecule has 1 aliphatic heterocycles. The number of aromatic nitrogens is 1. The van der Waals surface area contributed by atoms with Crippen LogP contribution < -0.4 is 10.0 Å². The van der Waals surface area contributed by atoms with Crippen molar-refractivity contribution < 1.29 is 8.42 Å². The Morgan fingerprint density at radius 2 is 2.05 bits per heavy atom. The summed E-state index contributed by atoms with van der Waals surface area (Å²) in [5.41, 5.74) is 0.736. The monoisotopic (exact) mass is 311 g/mol. The van der Waals surface area contributed by atoms with E-state index >= 15 is 0 Å². The highest BCUT2D eigenvalue weighted by Gasteiger charge is 2.21. The molecule has 1 fully saturated rings. The van der Waals surface area contributed by atoms with Gasteiger partial charge < -0.3 is 5.32 Å². The summed E-state index contributed by atoms with van der Waals surface area (Å²) in [4.78, 5) is 4.20. The van der Waals surface area contributed by atoms with E-state index in [0.717, 1.165) is 36.1 Å². The fraction of sp³-hybridized carbons (Fsp3) is 0.462. The number of hydrogen-bond donors (Lipinski definition) is 2. The third-order valence-electron chi connectivity index (χ3n) is 3.52. The van der Waals surface area contributed by atoms with Gasteiger partial charge in [-0.05, 0) is 44.0 Å². The molecule has 0 radical (unpaired) electrons. The van der Waals surface area contributed by atoms with Gasteiger partial charge in [0.2, 0.25) is 4.34 Å². The van der Waals surface area contributed by atoms with Crippen molar-refractivity contribution in [1.82, 2.24) is 15.0 Å². The van der Waals surface area contributed by atoms with Crippen LogP contribution in [-0.2, 0) is 10.0 Å². The fourth-order valence-electron chi connectivity index (χ4n) is 2.34. The highest BCUT2D eigenvalue weighted by molar-refractivity contribution is 7.91. The molecule has 0 saturated carbocycles. The molecule has 7 heteroatoms. The van der Waals surface area contributed by atoms with Crippen molar-refractivity contribution in [3.05, 3.63) is 24.3 Å². The van der Waals surface area contributed by atoms with Crippen LogP contribution in [0.3, 0.4) is 0 Å². The van der Waals surface area contributed by atoms with Gasteiger partial charge in [0.1, 0.15) is 0 Å². The predicted molar refractivity (Wildman–Crippen MR) is 80.4 cm³/mol. The summed E-state index contributed by atoms with van der Waals surface area (Å²) in [6, 6.07) is 7.47. The Kier molecular flexibility index (Phi) is 4.02. The second-order valence-corrected chi connectivity index (χ2v) is 7.96. The molecule has 0 bridgehead atoms. The molecule has 0 atom stereocenters. The molecule has 0 spiro atoms. The molecular weight excluding hydrogens is 294 g/mol. The van der Waals surface area contributed by atoms with E-state index in [1.807, 2.05) is 24.3 Å². The zero-order chi connectivity index (χ0) is 14.0. The quantitative estimate of drug-likeness (QED) is 0.899. The largest absolute Gasteiger partial charge is 0.317 e. The first-order valence-electron chi connectivity index (χ1n) is 6.71. The first-order chi connectivity index (χ1) is 9.65. The molecule has 1 saturated heterocycles. The highest BCUT2D eigenvalue weighted by atomic mass is 32.2. The van der Waals surface area contributed by atoms with Gasteiger partial charge in [-0.1, -0.05) is 12.1 Å². The average Bonchev–Trinajstić information content (AvgIpc) is 2.91. The van der Waals surface area contributed by atoms with Crippen LogP contribution in [0.25, 0.3) is 10.2 Å². The summed E-state index contributed by atoms with van der Waals surface area (Å²) in [5.74, 6) is 0.417. The Morgan fingerprint density at radius 1 is 1.30 bits per heavy atom. The molecule has 2 heterocycles. The molecule has 3 rings (SSSR count). The molecule has 108 valence electrons. The van der Waals surface area contributed by atoms with Crippen LogP contribution in [0.2, 0.25) is 0 Å². The number of thiazole rings is 1. The van der Waals surface area contributed by atoms with E-state index in [1.54, 1.807) is 0 Å². The molecule has 0 aliphatic carbocycles. The van der Waals surface area contributed by atoms with E-state index in [2.05, 4.69) is 15.0 Å². The number of benzene rings is 1. The van der Waals surface area contributed by atoms with Crippen molar-refractivity contribution >= 4 is 31.6 Å². The number of para-hydroxylation sites is 1. The number of hydrogen-bond acceptors (Lipinski definition) is 5. The van der Waals surface area contributed by atoms with Crippen LogP contribution in [0.15, 0.2) is 28.6 Å². The van der Waals surface area contributed by atoms with Gasteiger partial charge in [0.05, 0.1) is 10.2 Å². The third-order valence-corrected chi connectivity index (χ3v) is 6.36. The lowest BCUT2D eigenvalue weighted by molar-refractivity contribution is 0.372. The molecule has 2 aromatic rings. The maximum Gasteiger partial charge on any atom is 0.267 e. The summed E-state index contributed by atoms with van der Waals surface area (Å²) in [5, 5.41) is 3.27. The maximum absolute atomic E-state index is 12.3. The average molecular weight is 311 g/mol. The smallest absolute Gasteiger partial charge is 0.267 e. The van der Waals surface area contributed by atoms with Crippen molar-refractivity contribution in [1.29, 1.82) is 0 Å². The summed E-state index contributed by atoms with van der Waals surface area (Å²) in [6.45, 7) is 2.43. The van der Waals surface area contributed by atoms with Gasteiger partial charge >= 0.3 is 0 Å². The van der Waals surface area contributed by atoms with Crippen molar-refractivity contribution in [2.45, 2.75) is 17.2 Å². The number of fused-ring (bicyclic) bond motifs is 1. The molecular formula is C13H17N3O2S2. The Morgan fingerprint density at radius 3 is 2.80 bits per heavy atom. The minimum atomic E-state index is -3.48. The number of nitrogens with one attached hydrogen (secondary N) is 2. The minimum Gasteiger partial charge on any atom is -0.317 e. The maximum atomic E-state index is 12.3. The van der Waals surface area contributed by atoms with Crippen LogP contribution in [0, 0.1) is 5.92 Å². The number of nitrogens with zero attached hydrogens (tertiary/aromatic N) is 1. The molecule has 5 nitrogen and oxygen atoms in total. The first-order valence-corrected chi connectivity index (χ1v) is 9.01. The van der Waals surface area contributed by atoms with Gasteiger partial charge in [-0.3, -0.25) is 0 Å². The minimum absolute atomic E-state index is 0.160. The van der Waals surface area contributed by atoms with Crippen molar-refractivity contribution in [2.24, 2.45) is 5.92 Å². The van der Waals surface area contributed by atoms with E-state index in [4.69, 9.17) is 0 Å². The fourth-order valence-corrected chi connectivity index (χ4v) is 4.72. The second kappa shape index (κ2) is 5.77. The van der Waals surface area contributed by atoms with E-state index in [1.165, 1.54) is 11.3 Å². The van der Waals surface area contributed by atoms with Gasteiger partial charge in [0, 0.05) is 6.54 Å². The van der Waals surface area contributed by atoms with Crippen LogP contribution in [-0.4, -0.2) is 33.0 Å². The molecule has 1 aromatic heterocycles. The summed E-state index contributed by atoms with van der Waals surface area (Å²) in [6.07, 6.45) is 2.03. The lowest BCUT2D eigenvalue weighted by Gasteiger charge is -2.22. The van der Waals surface area contributed by atoms with Gasteiger partial charge in [-0.2, -0.15) is 0 Å². The van der Waals surface area contributed by atoms with E-state index < -0.39 is 10.0 Å². The SMILES string of the molecule is O=S(=O)(NCC1CCNCC1)c1nc2ccccc2s1. The molecule has 1 aliphatic rings. The van der Waals surface area contributed by atoms with Crippen LogP contribution in [0.4, 0.5) is 0 Å². The Labute approximate surface area is 122 Å². The normalized spacial score (nSPS) is 17.6. The lowest BCUT2D eigenvalue weighted by Crippen LogP contribution is -2.35. The zero-order valence-electron chi connectivity index (χ0n) is 11.0. The lowest BCUT2D eigenvalue weighted by atomic mass is 9.99. The summed E-state index contributed by atoms with van der Waals surface area (Å²) >= 11 is 1.22. The van der Waals surface area contributed by atoms with Crippen LogP contribution >= 0.6 is 11.3 Å². The molecule has 2 N–H and O–H groups in total. The molecule has 1 aromatic carbocycles. The van der Waals surface area contributed by atoms with E-state index in [-0.39, 0.29) is 4.34 Å². The van der Waals surface area contributed by atoms with Gasteiger partial charge in [0.15, 0.2) is 0 Å². The number of sulfonamides is 1. The van der Waals surface area contributed by atoms with Crippen LogP contribution in [0.1, 0.15) is 12.8 Å². The van der Waals surface area contributed by atoms with E-state index in [0.29, 0.717) is 12.5 Å². The summed E-state index contributed by atoms with van der Waals surface area (Å²) < 4.78 is 28.3. The summed E-state index contributed by atoms with van der Waals surface area (Å²) in [7, 11) is -3.48. The Balaban J connectivity index is 1.73. The standard InChI is InChI=1S/C13H17N3O2S2/c17-20(18,15-9-10-5-7-14-8-6-10)13-16-11-3-1-2-4-12(11)19-13/h1-4,10,14-15H,5-9H2. The molecule has 20 heavy (non-hydrogen) atoms. The number of rotatable bonds is 4. The Bertz CT molecular complexity index is 657. The molecule has 0 amide bonds. The zero-order valence-corrected chi connectivity index (χ0v) is 12.6. The second-order valence-electron chi connectivity index (χ2n) is 4.99. The molecule has 0 unspecified atom stereocenters. The third kappa shape index (κ3) is 3.01. The highest BCUT2D eigenvalue weighted by Crippen LogP contribution is 2.25.